The van der Waals surface area contributed by atoms with E-state index in [1.807, 2.05) is 42.6 Å². The molecule has 0 radical (unpaired) electrons. The highest BCUT2D eigenvalue weighted by molar-refractivity contribution is 7.10. The molecule has 0 spiro atoms. The first-order valence-corrected chi connectivity index (χ1v) is 6.39. The Morgan fingerprint density at radius 2 is 1.94 bits per heavy atom. The lowest BCUT2D eigenvalue weighted by molar-refractivity contribution is 0.181. The molecule has 1 nitrogen and oxygen atoms in total. The topological polar surface area (TPSA) is 20.2 Å². The molecule has 3 heteroatoms. The van der Waals surface area contributed by atoms with Crippen molar-refractivity contribution in [2.24, 2.45) is 0 Å². The average molecular weight is 253 g/mol. The second-order valence-corrected chi connectivity index (χ2v) is 5.20. The molecule has 1 heterocycles. The van der Waals surface area contributed by atoms with E-state index < -0.39 is 6.10 Å². The van der Waals surface area contributed by atoms with Gasteiger partial charge >= 0.3 is 0 Å². The summed E-state index contributed by atoms with van der Waals surface area (Å²) in [6.45, 7) is 2.02. The van der Waals surface area contributed by atoms with E-state index in [9.17, 15) is 5.11 Å². The van der Waals surface area contributed by atoms with Crippen LogP contribution in [0.3, 0.4) is 0 Å². The van der Waals surface area contributed by atoms with E-state index in [0.29, 0.717) is 6.42 Å². The Hall–Kier alpha value is -0.830. The van der Waals surface area contributed by atoms with Gasteiger partial charge < -0.3 is 5.11 Å². The van der Waals surface area contributed by atoms with Crippen LogP contribution in [0.4, 0.5) is 0 Å². The molecule has 0 fully saturated rings. The summed E-state index contributed by atoms with van der Waals surface area (Å²) < 4.78 is 0. The summed E-state index contributed by atoms with van der Waals surface area (Å²) in [7, 11) is 0. The number of halogens is 1. The number of thiophene rings is 1. The zero-order valence-electron chi connectivity index (χ0n) is 8.98. The molecule has 2 aromatic rings. The summed E-state index contributed by atoms with van der Waals surface area (Å²) in [5, 5.41) is 12.8. The predicted octanol–water partition coefficient (Wildman–Crippen LogP) is 3.99. The molecule has 0 saturated heterocycles. The maximum atomic E-state index is 10.1. The van der Waals surface area contributed by atoms with E-state index in [1.165, 1.54) is 0 Å². The van der Waals surface area contributed by atoms with Crippen LogP contribution in [0.25, 0.3) is 0 Å². The molecule has 0 aliphatic heterocycles. The minimum atomic E-state index is -0.416. The third kappa shape index (κ3) is 2.64. The number of benzene rings is 1. The van der Waals surface area contributed by atoms with Crippen LogP contribution in [0, 0.1) is 6.92 Å². The Kier molecular flexibility index (Phi) is 3.64. The quantitative estimate of drug-likeness (QED) is 0.876. The van der Waals surface area contributed by atoms with Crippen LogP contribution in [0.2, 0.25) is 5.02 Å². The second kappa shape index (κ2) is 5.00. The number of aliphatic hydroxyl groups is 1. The van der Waals surface area contributed by atoms with Crippen LogP contribution in [-0.2, 0) is 6.42 Å². The van der Waals surface area contributed by atoms with Crippen LogP contribution < -0.4 is 0 Å². The maximum absolute atomic E-state index is 10.1. The molecular formula is C13H13ClOS. The molecule has 0 aliphatic carbocycles. The van der Waals surface area contributed by atoms with Crippen LogP contribution in [0.15, 0.2) is 35.7 Å². The zero-order valence-corrected chi connectivity index (χ0v) is 10.6. The van der Waals surface area contributed by atoms with Gasteiger partial charge in [-0.15, -0.1) is 11.3 Å². The Labute approximate surface area is 104 Å². The van der Waals surface area contributed by atoms with Crippen molar-refractivity contribution >= 4 is 22.9 Å². The molecule has 0 aliphatic rings. The minimum absolute atomic E-state index is 0.416. The lowest BCUT2D eigenvalue weighted by atomic mass is 10.1. The van der Waals surface area contributed by atoms with Crippen LogP contribution in [0.1, 0.15) is 22.1 Å². The Morgan fingerprint density at radius 3 is 2.50 bits per heavy atom. The van der Waals surface area contributed by atoms with E-state index in [0.717, 1.165) is 21.0 Å². The molecule has 0 bridgehead atoms. The first-order chi connectivity index (χ1) is 7.66. The van der Waals surface area contributed by atoms with Crippen LogP contribution in [-0.4, -0.2) is 5.11 Å². The van der Waals surface area contributed by atoms with E-state index in [-0.39, 0.29) is 0 Å². The van der Waals surface area contributed by atoms with Crippen LogP contribution in [0.5, 0.6) is 0 Å². The molecule has 0 saturated carbocycles. The molecular weight excluding hydrogens is 240 g/mol. The van der Waals surface area contributed by atoms with E-state index >= 15 is 0 Å². The van der Waals surface area contributed by atoms with Gasteiger partial charge in [0, 0.05) is 16.3 Å². The minimum Gasteiger partial charge on any atom is -0.387 e. The molecule has 1 N–H and O–H groups in total. The van der Waals surface area contributed by atoms with Gasteiger partial charge in [0.2, 0.25) is 0 Å². The number of aliphatic hydroxyl groups excluding tert-OH is 1. The number of rotatable bonds is 3. The smallest absolute Gasteiger partial charge is 0.0924 e. The van der Waals surface area contributed by atoms with Gasteiger partial charge in [0.25, 0.3) is 0 Å². The molecule has 1 aromatic carbocycles. The van der Waals surface area contributed by atoms with Crippen molar-refractivity contribution in [2.75, 3.05) is 0 Å². The van der Waals surface area contributed by atoms with E-state index in [2.05, 4.69) is 0 Å². The molecule has 1 atom stereocenters. The van der Waals surface area contributed by atoms with E-state index in [1.54, 1.807) is 11.3 Å². The SMILES string of the molecule is Cc1ccsc1C(O)Cc1ccc(Cl)cc1. The standard InChI is InChI=1S/C13H13ClOS/c1-9-6-7-16-13(9)12(15)8-10-2-4-11(14)5-3-10/h2-7,12,15H,8H2,1H3. The highest BCUT2D eigenvalue weighted by atomic mass is 35.5. The lowest BCUT2D eigenvalue weighted by Crippen LogP contribution is -2.00. The molecule has 2 rings (SSSR count). The Morgan fingerprint density at radius 1 is 1.25 bits per heavy atom. The number of hydrogen-bond acceptors (Lipinski definition) is 2. The summed E-state index contributed by atoms with van der Waals surface area (Å²) in [6.07, 6.45) is 0.222. The molecule has 84 valence electrons. The normalized spacial score (nSPS) is 12.7. The van der Waals surface area contributed by atoms with Gasteiger partial charge in [-0.25, -0.2) is 0 Å². The van der Waals surface area contributed by atoms with Crippen molar-refractivity contribution in [3.63, 3.8) is 0 Å². The highest BCUT2D eigenvalue weighted by Crippen LogP contribution is 2.26. The van der Waals surface area contributed by atoms with Crippen molar-refractivity contribution in [3.8, 4) is 0 Å². The summed E-state index contributed by atoms with van der Waals surface area (Å²) in [4.78, 5) is 1.05. The third-order valence-corrected chi connectivity index (χ3v) is 3.92. The van der Waals surface area contributed by atoms with Gasteiger partial charge in [-0.1, -0.05) is 23.7 Å². The molecule has 1 aromatic heterocycles. The van der Waals surface area contributed by atoms with Crippen molar-refractivity contribution in [3.05, 3.63) is 56.7 Å². The Balaban J connectivity index is 2.10. The lowest BCUT2D eigenvalue weighted by Gasteiger charge is -2.10. The monoisotopic (exact) mass is 252 g/mol. The number of hydrogen-bond donors (Lipinski definition) is 1. The maximum Gasteiger partial charge on any atom is 0.0924 e. The predicted molar refractivity (Wildman–Crippen MR) is 69.2 cm³/mol. The second-order valence-electron chi connectivity index (χ2n) is 3.81. The van der Waals surface area contributed by atoms with Crippen molar-refractivity contribution < 1.29 is 5.11 Å². The summed E-state index contributed by atoms with van der Waals surface area (Å²) >= 11 is 7.42. The molecule has 1 unspecified atom stereocenters. The third-order valence-electron chi connectivity index (χ3n) is 2.55. The molecule has 16 heavy (non-hydrogen) atoms. The fraction of sp³-hybridized carbons (Fsp3) is 0.231. The fourth-order valence-electron chi connectivity index (χ4n) is 1.66. The van der Waals surface area contributed by atoms with Gasteiger partial charge in [0.15, 0.2) is 0 Å². The average Bonchev–Trinajstić information content (AvgIpc) is 2.68. The van der Waals surface area contributed by atoms with Gasteiger partial charge in [0.05, 0.1) is 6.10 Å². The molecule has 0 amide bonds. The number of aryl methyl sites for hydroxylation is 1. The largest absolute Gasteiger partial charge is 0.387 e. The van der Waals surface area contributed by atoms with Gasteiger partial charge in [-0.05, 0) is 41.6 Å². The van der Waals surface area contributed by atoms with Gasteiger partial charge in [-0.3, -0.25) is 0 Å². The van der Waals surface area contributed by atoms with E-state index in [4.69, 9.17) is 11.6 Å². The van der Waals surface area contributed by atoms with Crippen molar-refractivity contribution in [2.45, 2.75) is 19.4 Å². The first kappa shape index (κ1) is 11.6. The highest BCUT2D eigenvalue weighted by Gasteiger charge is 2.12. The van der Waals surface area contributed by atoms with Crippen LogP contribution >= 0.6 is 22.9 Å². The zero-order chi connectivity index (χ0) is 11.5. The van der Waals surface area contributed by atoms with Gasteiger partial charge in [-0.2, -0.15) is 0 Å². The van der Waals surface area contributed by atoms with Crippen molar-refractivity contribution in [1.82, 2.24) is 0 Å². The van der Waals surface area contributed by atoms with Gasteiger partial charge in [0.1, 0.15) is 0 Å². The Bertz CT molecular complexity index is 461. The summed E-state index contributed by atoms with van der Waals surface area (Å²) in [5.41, 5.74) is 2.26. The summed E-state index contributed by atoms with van der Waals surface area (Å²) in [5.74, 6) is 0. The first-order valence-electron chi connectivity index (χ1n) is 5.13. The summed E-state index contributed by atoms with van der Waals surface area (Å²) in [6, 6.07) is 9.64. The fourth-order valence-corrected chi connectivity index (χ4v) is 2.70. The van der Waals surface area contributed by atoms with Crippen molar-refractivity contribution in [1.29, 1.82) is 0 Å².